The quantitative estimate of drug-likeness (QED) is 0.464. The lowest BCUT2D eigenvalue weighted by molar-refractivity contribution is -0.384. The predicted molar refractivity (Wildman–Crippen MR) is 89.5 cm³/mol. The van der Waals surface area contributed by atoms with Crippen LogP contribution in [0.5, 0.6) is 0 Å². The van der Waals surface area contributed by atoms with E-state index in [1.165, 1.54) is 12.1 Å². The number of nitro groups is 1. The van der Waals surface area contributed by atoms with Crippen LogP contribution in [0.2, 0.25) is 0 Å². The Morgan fingerprint density at radius 2 is 1.77 bits per heavy atom. The molecule has 0 bridgehead atoms. The summed E-state index contributed by atoms with van der Waals surface area (Å²) in [5.41, 5.74) is 1.78. The van der Waals surface area contributed by atoms with Gasteiger partial charge in [-0.2, -0.15) is 0 Å². The van der Waals surface area contributed by atoms with Crippen molar-refractivity contribution in [2.75, 3.05) is 10.6 Å². The van der Waals surface area contributed by atoms with Crippen molar-refractivity contribution in [2.24, 2.45) is 0 Å². The molecule has 5 nitrogen and oxygen atoms in total. The van der Waals surface area contributed by atoms with Gasteiger partial charge in [0.25, 0.3) is 5.69 Å². The number of nitro benzene ring substituents is 1. The molecule has 0 saturated carbocycles. The maximum atomic E-state index is 12.1. The summed E-state index contributed by atoms with van der Waals surface area (Å²) in [6.45, 7) is 0. The minimum atomic E-state index is -0.437. The van der Waals surface area contributed by atoms with Crippen LogP contribution in [0.3, 0.4) is 0 Å². The number of halogens is 1. The molecule has 2 rings (SSSR count). The van der Waals surface area contributed by atoms with Gasteiger partial charge in [0.05, 0.1) is 16.3 Å². The molecule has 1 N–H and O–H groups in total. The Morgan fingerprint density at radius 1 is 1.14 bits per heavy atom. The highest BCUT2D eigenvalue weighted by atomic mass is 79.9. The third-order valence-corrected chi connectivity index (χ3v) is 3.77. The number of non-ortho nitro benzene ring substituents is 1. The third-order valence-electron chi connectivity index (χ3n) is 3.22. The summed E-state index contributed by atoms with van der Waals surface area (Å²) in [5, 5.41) is 14.1. The molecule has 0 amide bonds. The molecule has 0 radical (unpaired) electrons. The first kappa shape index (κ1) is 16.2. The first-order valence-electron chi connectivity index (χ1n) is 6.73. The molecule has 0 aliphatic heterocycles. The average molecular weight is 363 g/mol. The zero-order valence-corrected chi connectivity index (χ0v) is 13.3. The number of anilines is 1. The van der Waals surface area contributed by atoms with Crippen LogP contribution in [0.15, 0.2) is 54.6 Å². The molecule has 1 atom stereocenters. The topological polar surface area (TPSA) is 72.2 Å². The van der Waals surface area contributed by atoms with E-state index in [1.807, 2.05) is 30.3 Å². The monoisotopic (exact) mass is 362 g/mol. The lowest BCUT2D eigenvalue weighted by Crippen LogP contribution is -2.32. The van der Waals surface area contributed by atoms with Gasteiger partial charge in [-0.3, -0.25) is 14.9 Å². The molecule has 0 aromatic heterocycles. The summed E-state index contributed by atoms with van der Waals surface area (Å²) in [6, 6.07) is 15.4. The molecule has 0 fully saturated rings. The molecular formula is C16H15BrN2O3. The van der Waals surface area contributed by atoms with E-state index in [-0.39, 0.29) is 22.8 Å². The SMILES string of the molecule is O=C(CBr)[C@H](Cc1ccc([N+](=O)[O-])cc1)Nc1ccccc1. The predicted octanol–water partition coefficient (Wildman–Crippen LogP) is 3.58. The van der Waals surface area contributed by atoms with Crippen molar-refractivity contribution in [2.45, 2.75) is 12.5 Å². The van der Waals surface area contributed by atoms with Crippen molar-refractivity contribution in [3.8, 4) is 0 Å². The molecule has 2 aromatic rings. The Kier molecular flexibility index (Phi) is 5.66. The van der Waals surface area contributed by atoms with Gasteiger partial charge in [0.15, 0.2) is 5.78 Å². The van der Waals surface area contributed by atoms with Crippen molar-refractivity contribution in [3.63, 3.8) is 0 Å². The molecular weight excluding hydrogens is 348 g/mol. The summed E-state index contributed by atoms with van der Waals surface area (Å²) < 4.78 is 0. The maximum Gasteiger partial charge on any atom is 0.269 e. The van der Waals surface area contributed by atoms with E-state index in [9.17, 15) is 14.9 Å². The highest BCUT2D eigenvalue weighted by Gasteiger charge is 2.18. The molecule has 0 aliphatic rings. The average Bonchev–Trinajstić information content (AvgIpc) is 2.55. The maximum absolute atomic E-state index is 12.1. The van der Waals surface area contributed by atoms with Crippen LogP contribution in [-0.2, 0) is 11.2 Å². The van der Waals surface area contributed by atoms with Crippen molar-refractivity contribution < 1.29 is 9.72 Å². The summed E-state index contributed by atoms with van der Waals surface area (Å²) >= 11 is 3.19. The standard InChI is InChI=1S/C16H15BrN2O3/c17-11-16(20)15(18-13-4-2-1-3-5-13)10-12-6-8-14(9-7-12)19(21)22/h1-9,15,18H,10-11H2/t15-/m0/s1. The molecule has 6 heteroatoms. The van der Waals surface area contributed by atoms with Gasteiger partial charge in [0, 0.05) is 17.8 Å². The molecule has 22 heavy (non-hydrogen) atoms. The largest absolute Gasteiger partial charge is 0.375 e. The van der Waals surface area contributed by atoms with Gasteiger partial charge in [-0.25, -0.2) is 0 Å². The third kappa shape index (κ3) is 4.39. The van der Waals surface area contributed by atoms with Crippen LogP contribution in [0.1, 0.15) is 5.56 Å². The molecule has 0 saturated heterocycles. The summed E-state index contributed by atoms with van der Waals surface area (Å²) in [6.07, 6.45) is 0.470. The first-order chi connectivity index (χ1) is 10.6. The minimum absolute atomic E-state index is 0.0298. The number of carbonyl (C=O) groups excluding carboxylic acids is 1. The number of hydrogen-bond acceptors (Lipinski definition) is 4. The molecule has 2 aromatic carbocycles. The van der Waals surface area contributed by atoms with Crippen LogP contribution in [0.25, 0.3) is 0 Å². The summed E-state index contributed by atoms with van der Waals surface area (Å²) in [4.78, 5) is 22.3. The van der Waals surface area contributed by atoms with E-state index in [2.05, 4.69) is 21.2 Å². The van der Waals surface area contributed by atoms with Crippen molar-refractivity contribution in [1.82, 2.24) is 0 Å². The van der Waals surface area contributed by atoms with Gasteiger partial charge in [-0.05, 0) is 24.1 Å². The number of hydrogen-bond donors (Lipinski definition) is 1. The van der Waals surface area contributed by atoms with Crippen LogP contribution in [0, 0.1) is 10.1 Å². The smallest absolute Gasteiger partial charge is 0.269 e. The second kappa shape index (κ2) is 7.70. The van der Waals surface area contributed by atoms with E-state index in [1.54, 1.807) is 12.1 Å². The Bertz CT molecular complexity index is 644. The second-order valence-corrected chi connectivity index (χ2v) is 5.35. The highest BCUT2D eigenvalue weighted by Crippen LogP contribution is 2.16. The van der Waals surface area contributed by atoms with E-state index in [0.29, 0.717) is 6.42 Å². The molecule has 114 valence electrons. The number of nitrogens with one attached hydrogen (secondary N) is 1. The normalized spacial score (nSPS) is 11.7. The Morgan fingerprint density at radius 3 is 2.32 bits per heavy atom. The van der Waals surface area contributed by atoms with Crippen LogP contribution >= 0.6 is 15.9 Å². The Labute approximate surface area is 136 Å². The Balaban J connectivity index is 2.12. The molecule has 0 aliphatic carbocycles. The van der Waals surface area contributed by atoms with Crippen molar-refractivity contribution >= 4 is 33.1 Å². The van der Waals surface area contributed by atoms with Crippen LogP contribution in [0.4, 0.5) is 11.4 Å². The molecule has 0 heterocycles. The van der Waals surface area contributed by atoms with Crippen LogP contribution < -0.4 is 5.32 Å². The van der Waals surface area contributed by atoms with Gasteiger partial charge >= 0.3 is 0 Å². The number of benzene rings is 2. The van der Waals surface area contributed by atoms with Gasteiger partial charge < -0.3 is 5.32 Å². The lowest BCUT2D eigenvalue weighted by atomic mass is 10.0. The van der Waals surface area contributed by atoms with Gasteiger partial charge in [0.1, 0.15) is 0 Å². The molecule has 0 spiro atoms. The summed E-state index contributed by atoms with van der Waals surface area (Å²) in [5.74, 6) is 0.0298. The van der Waals surface area contributed by atoms with E-state index < -0.39 is 4.92 Å². The van der Waals surface area contributed by atoms with Gasteiger partial charge in [-0.15, -0.1) is 0 Å². The van der Waals surface area contributed by atoms with E-state index >= 15 is 0 Å². The number of rotatable bonds is 7. The highest BCUT2D eigenvalue weighted by molar-refractivity contribution is 9.09. The van der Waals surface area contributed by atoms with Crippen molar-refractivity contribution in [3.05, 3.63) is 70.3 Å². The van der Waals surface area contributed by atoms with Crippen LogP contribution in [-0.4, -0.2) is 22.1 Å². The number of ketones is 1. The lowest BCUT2D eigenvalue weighted by Gasteiger charge is -2.18. The minimum Gasteiger partial charge on any atom is -0.375 e. The zero-order valence-electron chi connectivity index (χ0n) is 11.7. The van der Waals surface area contributed by atoms with Crippen molar-refractivity contribution in [1.29, 1.82) is 0 Å². The Hall–Kier alpha value is -2.21. The number of para-hydroxylation sites is 1. The number of carbonyl (C=O) groups is 1. The number of nitrogens with zero attached hydrogens (tertiary/aromatic N) is 1. The van der Waals surface area contributed by atoms with Gasteiger partial charge in [-0.1, -0.05) is 46.3 Å². The number of alkyl halides is 1. The fraction of sp³-hybridized carbons (Fsp3) is 0.188. The van der Waals surface area contributed by atoms with E-state index in [4.69, 9.17) is 0 Å². The summed E-state index contributed by atoms with van der Waals surface area (Å²) in [7, 11) is 0. The zero-order chi connectivity index (χ0) is 15.9. The first-order valence-corrected chi connectivity index (χ1v) is 7.86. The number of Topliss-reactive ketones (excluding diaryl/α,β-unsaturated/α-hetero) is 1. The van der Waals surface area contributed by atoms with Gasteiger partial charge in [0.2, 0.25) is 0 Å². The van der Waals surface area contributed by atoms with E-state index in [0.717, 1.165) is 11.3 Å². The second-order valence-electron chi connectivity index (χ2n) is 4.79. The fourth-order valence-electron chi connectivity index (χ4n) is 2.06. The fourth-order valence-corrected chi connectivity index (χ4v) is 2.45. The molecule has 0 unspecified atom stereocenters.